The molecule has 2 N–H and O–H groups in total. The summed E-state index contributed by atoms with van der Waals surface area (Å²) < 4.78 is 28.3. The number of aryl methyl sites for hydroxylation is 1. The van der Waals surface area contributed by atoms with Crippen LogP contribution in [-0.4, -0.2) is 27.3 Å². The highest BCUT2D eigenvalue weighted by molar-refractivity contribution is 5.79. The van der Waals surface area contributed by atoms with E-state index in [1.54, 1.807) is 11.7 Å². The predicted octanol–water partition coefficient (Wildman–Crippen LogP) is 1.35. The standard InChI is InChI=1S/C14H18F2N6/c1-3-17-14(19-8-13-20-9-21-22(13)2)18-7-10-6-11(15)4-5-12(10)16/h4-6,9H,3,7-8H2,1-2H3,(H2,17,18,19). The van der Waals surface area contributed by atoms with Crippen LogP contribution in [0.15, 0.2) is 29.5 Å². The number of aromatic nitrogens is 3. The molecule has 0 saturated heterocycles. The Bertz CT molecular complexity index is 653. The van der Waals surface area contributed by atoms with Crippen LogP contribution in [0, 0.1) is 11.6 Å². The van der Waals surface area contributed by atoms with Crippen molar-refractivity contribution in [1.82, 2.24) is 25.4 Å². The minimum absolute atomic E-state index is 0.0394. The van der Waals surface area contributed by atoms with E-state index >= 15 is 0 Å². The van der Waals surface area contributed by atoms with E-state index in [4.69, 9.17) is 0 Å². The van der Waals surface area contributed by atoms with E-state index in [0.717, 1.165) is 24.0 Å². The Labute approximate surface area is 127 Å². The minimum Gasteiger partial charge on any atom is -0.357 e. The summed E-state index contributed by atoms with van der Waals surface area (Å²) in [4.78, 5) is 8.33. The zero-order chi connectivity index (χ0) is 15.9. The second kappa shape index (κ2) is 7.48. The van der Waals surface area contributed by atoms with Gasteiger partial charge >= 0.3 is 0 Å². The Balaban J connectivity index is 2.03. The van der Waals surface area contributed by atoms with Gasteiger partial charge in [-0.3, -0.25) is 4.68 Å². The fourth-order valence-electron chi connectivity index (χ4n) is 1.81. The van der Waals surface area contributed by atoms with E-state index in [1.807, 2.05) is 6.92 Å². The molecule has 0 unspecified atom stereocenters. The maximum Gasteiger partial charge on any atom is 0.191 e. The van der Waals surface area contributed by atoms with Gasteiger partial charge in [0.15, 0.2) is 5.96 Å². The van der Waals surface area contributed by atoms with Crippen molar-refractivity contribution >= 4 is 5.96 Å². The normalized spacial score (nSPS) is 11.5. The molecule has 1 aromatic heterocycles. The molecule has 6 nitrogen and oxygen atoms in total. The first-order valence-corrected chi connectivity index (χ1v) is 6.89. The van der Waals surface area contributed by atoms with Crippen LogP contribution in [0.2, 0.25) is 0 Å². The summed E-state index contributed by atoms with van der Waals surface area (Å²) in [6.45, 7) is 3.03. The Morgan fingerprint density at radius 3 is 2.82 bits per heavy atom. The highest BCUT2D eigenvalue weighted by Crippen LogP contribution is 2.10. The zero-order valence-corrected chi connectivity index (χ0v) is 12.5. The van der Waals surface area contributed by atoms with Gasteiger partial charge in [-0.2, -0.15) is 5.10 Å². The number of benzene rings is 1. The fourth-order valence-corrected chi connectivity index (χ4v) is 1.81. The molecular weight excluding hydrogens is 290 g/mol. The molecule has 0 aliphatic carbocycles. The first-order chi connectivity index (χ1) is 10.6. The molecule has 0 saturated carbocycles. The van der Waals surface area contributed by atoms with Crippen LogP contribution in [0.1, 0.15) is 18.3 Å². The molecule has 118 valence electrons. The molecule has 0 aliphatic heterocycles. The Morgan fingerprint density at radius 1 is 1.32 bits per heavy atom. The molecule has 0 bridgehead atoms. The van der Waals surface area contributed by atoms with Gasteiger partial charge in [0.2, 0.25) is 0 Å². The third-order valence-electron chi connectivity index (χ3n) is 2.98. The largest absolute Gasteiger partial charge is 0.357 e. The molecule has 0 spiro atoms. The van der Waals surface area contributed by atoms with E-state index in [9.17, 15) is 8.78 Å². The SMILES string of the molecule is CCNC(=NCc1cc(F)ccc1F)NCc1ncnn1C. The first-order valence-electron chi connectivity index (χ1n) is 6.89. The molecule has 2 rings (SSSR count). The van der Waals surface area contributed by atoms with E-state index in [2.05, 4.69) is 25.7 Å². The molecule has 0 atom stereocenters. The lowest BCUT2D eigenvalue weighted by molar-refractivity contribution is 0.585. The molecule has 2 aromatic rings. The topological polar surface area (TPSA) is 67.1 Å². The van der Waals surface area contributed by atoms with Gasteiger partial charge in [0.25, 0.3) is 0 Å². The number of nitrogens with zero attached hydrogens (tertiary/aromatic N) is 4. The Kier molecular flexibility index (Phi) is 5.40. The van der Waals surface area contributed by atoms with Crippen LogP contribution >= 0.6 is 0 Å². The molecule has 8 heteroatoms. The average Bonchev–Trinajstić information content (AvgIpc) is 2.90. The molecule has 1 aromatic carbocycles. The molecule has 0 fully saturated rings. The van der Waals surface area contributed by atoms with E-state index in [0.29, 0.717) is 19.0 Å². The first kappa shape index (κ1) is 15.9. The van der Waals surface area contributed by atoms with Crippen molar-refractivity contribution in [3.8, 4) is 0 Å². The van der Waals surface area contributed by atoms with Crippen molar-refractivity contribution < 1.29 is 8.78 Å². The summed E-state index contributed by atoms with van der Waals surface area (Å²) in [5.41, 5.74) is 0.205. The molecule has 0 radical (unpaired) electrons. The number of halogens is 2. The van der Waals surface area contributed by atoms with Crippen molar-refractivity contribution in [1.29, 1.82) is 0 Å². The number of hydrogen-bond acceptors (Lipinski definition) is 3. The number of nitrogens with one attached hydrogen (secondary N) is 2. The quantitative estimate of drug-likeness (QED) is 0.646. The van der Waals surface area contributed by atoms with Crippen LogP contribution in [-0.2, 0) is 20.1 Å². The number of hydrogen-bond donors (Lipinski definition) is 2. The Morgan fingerprint density at radius 2 is 2.14 bits per heavy atom. The third-order valence-corrected chi connectivity index (χ3v) is 2.98. The van der Waals surface area contributed by atoms with Gasteiger partial charge in [-0.15, -0.1) is 0 Å². The highest BCUT2D eigenvalue weighted by atomic mass is 19.1. The van der Waals surface area contributed by atoms with Gasteiger partial charge < -0.3 is 10.6 Å². The van der Waals surface area contributed by atoms with Gasteiger partial charge in [-0.1, -0.05) is 0 Å². The lowest BCUT2D eigenvalue weighted by Crippen LogP contribution is -2.37. The smallest absolute Gasteiger partial charge is 0.191 e. The molecule has 0 aliphatic rings. The van der Waals surface area contributed by atoms with Crippen molar-refractivity contribution in [2.45, 2.75) is 20.0 Å². The van der Waals surface area contributed by atoms with Crippen molar-refractivity contribution in [2.24, 2.45) is 12.0 Å². The second-order valence-electron chi connectivity index (χ2n) is 4.58. The van der Waals surface area contributed by atoms with Gasteiger partial charge in [0, 0.05) is 19.2 Å². The lowest BCUT2D eigenvalue weighted by atomic mass is 10.2. The maximum absolute atomic E-state index is 13.6. The van der Waals surface area contributed by atoms with E-state index in [1.165, 1.54) is 6.33 Å². The summed E-state index contributed by atoms with van der Waals surface area (Å²) in [5.74, 6) is 0.273. The average molecular weight is 308 g/mol. The third kappa shape index (κ3) is 4.24. The minimum atomic E-state index is -0.483. The van der Waals surface area contributed by atoms with E-state index in [-0.39, 0.29) is 12.1 Å². The predicted molar refractivity (Wildman–Crippen MR) is 79.0 cm³/mol. The van der Waals surface area contributed by atoms with Crippen molar-refractivity contribution in [3.63, 3.8) is 0 Å². The number of aliphatic imine (C=N–C) groups is 1. The molecule has 0 amide bonds. The van der Waals surface area contributed by atoms with Crippen LogP contribution in [0.25, 0.3) is 0 Å². The van der Waals surface area contributed by atoms with Crippen LogP contribution < -0.4 is 10.6 Å². The van der Waals surface area contributed by atoms with Crippen molar-refractivity contribution in [3.05, 3.63) is 47.5 Å². The molecule has 22 heavy (non-hydrogen) atoms. The highest BCUT2D eigenvalue weighted by Gasteiger charge is 2.05. The fraction of sp³-hybridized carbons (Fsp3) is 0.357. The van der Waals surface area contributed by atoms with Gasteiger partial charge in [0.05, 0.1) is 13.1 Å². The summed E-state index contributed by atoms with van der Waals surface area (Å²) in [6.07, 6.45) is 1.46. The van der Waals surface area contributed by atoms with Crippen molar-refractivity contribution in [2.75, 3.05) is 6.54 Å². The second-order valence-corrected chi connectivity index (χ2v) is 4.58. The van der Waals surface area contributed by atoms with E-state index < -0.39 is 11.6 Å². The maximum atomic E-state index is 13.6. The van der Waals surface area contributed by atoms with Gasteiger partial charge in [-0.25, -0.2) is 18.8 Å². The molecular formula is C14H18F2N6. The molecule has 1 heterocycles. The summed E-state index contributed by atoms with van der Waals surface area (Å²) in [7, 11) is 1.79. The van der Waals surface area contributed by atoms with Gasteiger partial charge in [-0.05, 0) is 25.1 Å². The van der Waals surface area contributed by atoms with Crippen LogP contribution in [0.5, 0.6) is 0 Å². The monoisotopic (exact) mass is 308 g/mol. The zero-order valence-electron chi connectivity index (χ0n) is 12.5. The number of guanidine groups is 1. The summed E-state index contributed by atoms with van der Waals surface area (Å²) in [6, 6.07) is 3.32. The Hall–Kier alpha value is -2.51. The summed E-state index contributed by atoms with van der Waals surface area (Å²) in [5, 5.41) is 10.1. The van der Waals surface area contributed by atoms with Gasteiger partial charge in [0.1, 0.15) is 23.8 Å². The van der Waals surface area contributed by atoms with Crippen LogP contribution in [0.4, 0.5) is 8.78 Å². The lowest BCUT2D eigenvalue weighted by Gasteiger charge is -2.11. The van der Waals surface area contributed by atoms with Crippen LogP contribution in [0.3, 0.4) is 0 Å². The summed E-state index contributed by atoms with van der Waals surface area (Å²) >= 11 is 0. The number of rotatable bonds is 5.